The summed E-state index contributed by atoms with van der Waals surface area (Å²) in [6, 6.07) is 19.3. The molecule has 3 aromatic carbocycles. The van der Waals surface area contributed by atoms with Crippen LogP contribution in [0.3, 0.4) is 0 Å². The van der Waals surface area contributed by atoms with Crippen LogP contribution in [0.4, 0.5) is 0 Å². The quantitative estimate of drug-likeness (QED) is 0.458. The summed E-state index contributed by atoms with van der Waals surface area (Å²) < 4.78 is 5.77. The van der Waals surface area contributed by atoms with Gasteiger partial charge >= 0.3 is 0 Å². The van der Waals surface area contributed by atoms with Crippen LogP contribution in [-0.2, 0) is 0 Å². The fourth-order valence-corrected chi connectivity index (χ4v) is 2.34. The summed E-state index contributed by atoms with van der Waals surface area (Å²) in [5.74, 6) is 0.969. The average molecular weight is 250 g/mol. The van der Waals surface area contributed by atoms with Gasteiger partial charge in [0.2, 0.25) is 0 Å². The molecular formula is C18H18O. The second-order valence-electron chi connectivity index (χ2n) is 4.91. The van der Waals surface area contributed by atoms with Crippen molar-refractivity contribution in [3.63, 3.8) is 0 Å². The molecular weight excluding hydrogens is 232 g/mol. The summed E-state index contributed by atoms with van der Waals surface area (Å²) in [6.45, 7) is 2.98. The molecule has 0 amide bonds. The van der Waals surface area contributed by atoms with E-state index in [0.717, 1.165) is 25.2 Å². The maximum Gasteiger partial charge on any atom is 0.119 e. The Hall–Kier alpha value is -2.02. The monoisotopic (exact) mass is 250 g/mol. The molecule has 0 atom stereocenters. The Labute approximate surface area is 113 Å². The van der Waals surface area contributed by atoms with Crippen LogP contribution >= 0.6 is 0 Å². The lowest BCUT2D eigenvalue weighted by molar-refractivity contribution is 0.310. The molecule has 0 aliphatic rings. The van der Waals surface area contributed by atoms with Gasteiger partial charge in [0.25, 0.3) is 0 Å². The number of benzene rings is 3. The van der Waals surface area contributed by atoms with Gasteiger partial charge in [-0.15, -0.1) is 0 Å². The van der Waals surface area contributed by atoms with Gasteiger partial charge in [-0.05, 0) is 52.2 Å². The van der Waals surface area contributed by atoms with Gasteiger partial charge in [-0.2, -0.15) is 0 Å². The van der Waals surface area contributed by atoms with E-state index in [4.69, 9.17) is 4.74 Å². The first-order chi connectivity index (χ1) is 9.36. The highest BCUT2D eigenvalue weighted by Crippen LogP contribution is 2.26. The number of hydrogen-bond acceptors (Lipinski definition) is 1. The van der Waals surface area contributed by atoms with Gasteiger partial charge in [-0.3, -0.25) is 0 Å². The molecule has 0 aliphatic heterocycles. The standard InChI is InChI=1S/C18H18O/c1-2-3-10-19-18-9-8-16-11-14-6-4-5-7-15(14)12-17(16)13-18/h4-9,11-13H,2-3,10H2,1H3. The van der Waals surface area contributed by atoms with Crippen LogP contribution in [0.1, 0.15) is 19.8 Å². The molecule has 3 aromatic rings. The van der Waals surface area contributed by atoms with Crippen molar-refractivity contribution >= 4 is 21.5 Å². The maximum absolute atomic E-state index is 5.77. The molecule has 0 aromatic heterocycles. The summed E-state index contributed by atoms with van der Waals surface area (Å²) in [5, 5.41) is 5.07. The predicted molar refractivity (Wildman–Crippen MR) is 81.9 cm³/mol. The average Bonchev–Trinajstić information content (AvgIpc) is 2.45. The fourth-order valence-electron chi connectivity index (χ4n) is 2.34. The van der Waals surface area contributed by atoms with Crippen molar-refractivity contribution in [2.75, 3.05) is 6.61 Å². The highest BCUT2D eigenvalue weighted by atomic mass is 16.5. The van der Waals surface area contributed by atoms with Crippen molar-refractivity contribution in [1.82, 2.24) is 0 Å². The van der Waals surface area contributed by atoms with Gasteiger partial charge in [0.1, 0.15) is 5.75 Å². The number of rotatable bonds is 4. The van der Waals surface area contributed by atoms with Crippen molar-refractivity contribution in [1.29, 1.82) is 0 Å². The Kier molecular flexibility index (Phi) is 3.37. The minimum absolute atomic E-state index is 0.801. The van der Waals surface area contributed by atoms with Crippen molar-refractivity contribution in [3.05, 3.63) is 54.6 Å². The third-order valence-electron chi connectivity index (χ3n) is 3.44. The first-order valence-corrected chi connectivity index (χ1v) is 6.92. The summed E-state index contributed by atoms with van der Waals surface area (Å²) in [5.41, 5.74) is 0. The van der Waals surface area contributed by atoms with Crippen LogP contribution in [0.15, 0.2) is 54.6 Å². The molecule has 3 rings (SSSR count). The Balaban J connectivity index is 1.99. The summed E-state index contributed by atoms with van der Waals surface area (Å²) >= 11 is 0. The van der Waals surface area contributed by atoms with Crippen LogP contribution in [0, 0.1) is 0 Å². The van der Waals surface area contributed by atoms with E-state index >= 15 is 0 Å². The molecule has 0 saturated heterocycles. The number of hydrogen-bond donors (Lipinski definition) is 0. The Morgan fingerprint density at radius 1 is 0.789 bits per heavy atom. The Morgan fingerprint density at radius 3 is 2.21 bits per heavy atom. The van der Waals surface area contributed by atoms with Crippen molar-refractivity contribution in [2.24, 2.45) is 0 Å². The molecule has 96 valence electrons. The number of ether oxygens (including phenoxy) is 1. The Bertz CT molecular complexity index is 700. The zero-order valence-electron chi connectivity index (χ0n) is 11.2. The van der Waals surface area contributed by atoms with E-state index in [1.165, 1.54) is 21.5 Å². The highest BCUT2D eigenvalue weighted by molar-refractivity contribution is 5.98. The van der Waals surface area contributed by atoms with E-state index in [9.17, 15) is 0 Å². The normalized spacial score (nSPS) is 11.0. The van der Waals surface area contributed by atoms with Crippen molar-refractivity contribution in [3.8, 4) is 5.75 Å². The summed E-state index contributed by atoms with van der Waals surface area (Å²) in [4.78, 5) is 0. The van der Waals surface area contributed by atoms with Crippen molar-refractivity contribution in [2.45, 2.75) is 19.8 Å². The SMILES string of the molecule is CCCCOc1ccc2cc3ccccc3cc2c1. The zero-order valence-corrected chi connectivity index (χ0v) is 11.2. The largest absolute Gasteiger partial charge is 0.494 e. The van der Waals surface area contributed by atoms with Gasteiger partial charge in [-0.1, -0.05) is 43.7 Å². The maximum atomic E-state index is 5.77. The summed E-state index contributed by atoms with van der Waals surface area (Å²) in [7, 11) is 0. The van der Waals surface area contributed by atoms with E-state index in [-0.39, 0.29) is 0 Å². The van der Waals surface area contributed by atoms with Gasteiger partial charge < -0.3 is 4.74 Å². The molecule has 0 aliphatic carbocycles. The second kappa shape index (κ2) is 5.31. The van der Waals surface area contributed by atoms with E-state index in [1.54, 1.807) is 0 Å². The molecule has 0 saturated carbocycles. The first-order valence-electron chi connectivity index (χ1n) is 6.92. The Morgan fingerprint density at radius 2 is 1.47 bits per heavy atom. The molecule has 19 heavy (non-hydrogen) atoms. The minimum Gasteiger partial charge on any atom is -0.494 e. The molecule has 1 heteroatoms. The number of unbranched alkanes of at least 4 members (excludes halogenated alkanes) is 1. The van der Waals surface area contributed by atoms with Gasteiger partial charge in [0.05, 0.1) is 6.61 Å². The molecule has 0 heterocycles. The second-order valence-corrected chi connectivity index (χ2v) is 4.91. The summed E-state index contributed by atoms with van der Waals surface area (Å²) in [6.07, 6.45) is 2.27. The minimum atomic E-state index is 0.801. The van der Waals surface area contributed by atoms with Crippen LogP contribution in [0.25, 0.3) is 21.5 Å². The number of fused-ring (bicyclic) bond motifs is 2. The van der Waals surface area contributed by atoms with E-state index < -0.39 is 0 Å². The van der Waals surface area contributed by atoms with Gasteiger partial charge in [-0.25, -0.2) is 0 Å². The lowest BCUT2D eigenvalue weighted by Crippen LogP contribution is -1.95. The lowest BCUT2D eigenvalue weighted by atomic mass is 10.0. The van der Waals surface area contributed by atoms with Crippen molar-refractivity contribution < 1.29 is 4.74 Å². The molecule has 0 fully saturated rings. The van der Waals surface area contributed by atoms with Crippen LogP contribution < -0.4 is 4.74 Å². The highest BCUT2D eigenvalue weighted by Gasteiger charge is 2.00. The van der Waals surface area contributed by atoms with Gasteiger partial charge in [0, 0.05) is 0 Å². The van der Waals surface area contributed by atoms with Crippen LogP contribution in [0.2, 0.25) is 0 Å². The van der Waals surface area contributed by atoms with Crippen LogP contribution in [-0.4, -0.2) is 6.61 Å². The molecule has 0 radical (unpaired) electrons. The van der Waals surface area contributed by atoms with E-state index in [2.05, 4.69) is 61.5 Å². The lowest BCUT2D eigenvalue weighted by Gasteiger charge is -2.07. The van der Waals surface area contributed by atoms with E-state index in [1.807, 2.05) is 0 Å². The molecule has 0 spiro atoms. The zero-order chi connectivity index (χ0) is 13.1. The molecule has 0 unspecified atom stereocenters. The third kappa shape index (κ3) is 2.55. The first kappa shape index (κ1) is 12.0. The topological polar surface area (TPSA) is 9.23 Å². The molecule has 0 bridgehead atoms. The predicted octanol–water partition coefficient (Wildman–Crippen LogP) is 5.17. The fraction of sp³-hybridized carbons (Fsp3) is 0.222. The van der Waals surface area contributed by atoms with Crippen LogP contribution in [0.5, 0.6) is 5.75 Å². The molecule has 1 nitrogen and oxygen atoms in total. The smallest absolute Gasteiger partial charge is 0.119 e. The van der Waals surface area contributed by atoms with Gasteiger partial charge in [0.15, 0.2) is 0 Å². The van der Waals surface area contributed by atoms with E-state index in [0.29, 0.717) is 0 Å². The third-order valence-corrected chi connectivity index (χ3v) is 3.44. The molecule has 0 N–H and O–H groups in total.